The van der Waals surface area contributed by atoms with Crippen molar-refractivity contribution >= 4 is 22.5 Å². The van der Waals surface area contributed by atoms with E-state index in [1.54, 1.807) is 24.3 Å². The van der Waals surface area contributed by atoms with Crippen LogP contribution in [0.2, 0.25) is 0 Å². The Labute approximate surface area is 156 Å². The number of carbonyl (C=O) groups is 1. The summed E-state index contributed by atoms with van der Waals surface area (Å²) in [7, 11) is 0. The molecule has 2 aromatic carbocycles. The van der Waals surface area contributed by atoms with Crippen molar-refractivity contribution in [3.05, 3.63) is 74.4 Å². The lowest BCUT2D eigenvalue weighted by atomic mass is 10.1. The van der Waals surface area contributed by atoms with E-state index in [-0.39, 0.29) is 24.2 Å². The van der Waals surface area contributed by atoms with Gasteiger partial charge < -0.3 is 5.32 Å². The third-order valence-corrected chi connectivity index (χ3v) is 4.29. The zero-order valence-electron chi connectivity index (χ0n) is 14.8. The number of amides is 1. The summed E-state index contributed by atoms with van der Waals surface area (Å²) in [6.45, 7) is 1.29. The van der Waals surface area contributed by atoms with Crippen LogP contribution in [0.1, 0.15) is 17.5 Å². The second kappa shape index (κ2) is 7.34. The van der Waals surface area contributed by atoms with Crippen LogP contribution in [0.5, 0.6) is 0 Å². The highest BCUT2D eigenvalue weighted by atomic mass is 19.4. The highest BCUT2D eigenvalue weighted by Crippen LogP contribution is 2.33. The van der Waals surface area contributed by atoms with Gasteiger partial charge in [0.2, 0.25) is 5.91 Å². The number of para-hydroxylation sites is 1. The minimum Gasteiger partial charge on any atom is -0.326 e. The molecule has 0 saturated carbocycles. The number of hydrogen-bond donors (Lipinski definition) is 2. The van der Waals surface area contributed by atoms with Crippen molar-refractivity contribution in [3.63, 3.8) is 0 Å². The number of anilines is 1. The van der Waals surface area contributed by atoms with E-state index in [9.17, 15) is 27.6 Å². The third-order valence-electron chi connectivity index (χ3n) is 4.29. The molecule has 0 aliphatic rings. The van der Waals surface area contributed by atoms with Crippen molar-refractivity contribution in [2.24, 2.45) is 0 Å². The molecular formula is C19H16F3N3O3. The predicted octanol–water partition coefficient (Wildman–Crippen LogP) is 3.05. The number of nitrogens with zero attached hydrogens (tertiary/aromatic N) is 1. The van der Waals surface area contributed by atoms with Gasteiger partial charge in [0.15, 0.2) is 0 Å². The maximum Gasteiger partial charge on any atom is 0.416 e. The van der Waals surface area contributed by atoms with Crippen molar-refractivity contribution in [3.8, 4) is 0 Å². The normalized spacial score (nSPS) is 11.6. The van der Waals surface area contributed by atoms with Crippen LogP contribution in [0.15, 0.2) is 52.1 Å². The summed E-state index contributed by atoms with van der Waals surface area (Å²) in [5.41, 5.74) is -1.57. The Morgan fingerprint density at radius 2 is 1.86 bits per heavy atom. The highest BCUT2D eigenvalue weighted by Gasteiger charge is 2.32. The average Bonchev–Trinajstić information content (AvgIpc) is 2.62. The first-order valence-electron chi connectivity index (χ1n) is 8.36. The summed E-state index contributed by atoms with van der Waals surface area (Å²) in [6.07, 6.45) is -4.68. The molecule has 0 spiro atoms. The Morgan fingerprint density at radius 3 is 2.57 bits per heavy atom. The molecule has 0 atom stereocenters. The molecule has 1 heterocycles. The van der Waals surface area contributed by atoms with Gasteiger partial charge in [-0.05, 0) is 36.8 Å². The molecule has 28 heavy (non-hydrogen) atoms. The van der Waals surface area contributed by atoms with Crippen LogP contribution in [-0.2, 0) is 17.5 Å². The summed E-state index contributed by atoms with van der Waals surface area (Å²) >= 11 is 0. The van der Waals surface area contributed by atoms with Crippen molar-refractivity contribution in [2.75, 3.05) is 5.32 Å². The standard InChI is InChI=1S/C19H16F3N3O3/c1-11-6-7-12(10-14(11)19(20,21)22)23-16(26)8-9-25-15-5-3-2-4-13(15)17(27)24-18(25)28/h2-7,10H,8-9H2,1H3,(H,23,26)(H,24,27,28). The number of hydrogen-bond acceptors (Lipinski definition) is 3. The molecule has 3 aromatic rings. The molecule has 0 bridgehead atoms. The summed E-state index contributed by atoms with van der Waals surface area (Å²) in [5.74, 6) is -0.556. The fourth-order valence-corrected chi connectivity index (χ4v) is 2.91. The Balaban J connectivity index is 1.78. The molecule has 0 aliphatic carbocycles. The van der Waals surface area contributed by atoms with Gasteiger partial charge in [-0.25, -0.2) is 4.79 Å². The van der Waals surface area contributed by atoms with E-state index in [1.807, 2.05) is 0 Å². The average molecular weight is 391 g/mol. The maximum absolute atomic E-state index is 13.0. The second-order valence-corrected chi connectivity index (χ2v) is 6.25. The Bertz CT molecular complexity index is 1160. The quantitative estimate of drug-likeness (QED) is 0.717. The fourth-order valence-electron chi connectivity index (χ4n) is 2.91. The Kier molecular flexibility index (Phi) is 5.08. The van der Waals surface area contributed by atoms with Gasteiger partial charge >= 0.3 is 11.9 Å². The lowest BCUT2D eigenvalue weighted by molar-refractivity contribution is -0.138. The summed E-state index contributed by atoms with van der Waals surface area (Å²) in [4.78, 5) is 38.2. The molecule has 1 amide bonds. The first-order chi connectivity index (χ1) is 13.2. The monoisotopic (exact) mass is 391 g/mol. The van der Waals surface area contributed by atoms with E-state index in [0.29, 0.717) is 10.9 Å². The number of carbonyl (C=O) groups excluding carboxylic acids is 1. The van der Waals surface area contributed by atoms with Crippen molar-refractivity contribution < 1.29 is 18.0 Å². The minimum atomic E-state index is -4.52. The smallest absolute Gasteiger partial charge is 0.326 e. The molecule has 0 saturated heterocycles. The van der Waals surface area contributed by atoms with Crippen LogP contribution < -0.4 is 16.6 Å². The number of aromatic nitrogens is 2. The zero-order valence-corrected chi connectivity index (χ0v) is 14.8. The number of aryl methyl sites for hydroxylation is 2. The third kappa shape index (κ3) is 3.98. The Morgan fingerprint density at radius 1 is 1.14 bits per heavy atom. The van der Waals surface area contributed by atoms with Crippen molar-refractivity contribution in [2.45, 2.75) is 26.1 Å². The molecule has 0 radical (unpaired) electrons. The van der Waals surface area contributed by atoms with Crippen LogP contribution in [-0.4, -0.2) is 15.5 Å². The van der Waals surface area contributed by atoms with E-state index in [4.69, 9.17) is 0 Å². The lowest BCUT2D eigenvalue weighted by Crippen LogP contribution is -2.31. The zero-order chi connectivity index (χ0) is 20.5. The summed E-state index contributed by atoms with van der Waals surface area (Å²) in [6, 6.07) is 9.96. The van der Waals surface area contributed by atoms with E-state index < -0.39 is 28.9 Å². The van der Waals surface area contributed by atoms with Crippen LogP contribution in [0.3, 0.4) is 0 Å². The van der Waals surface area contributed by atoms with Gasteiger partial charge in [0.05, 0.1) is 16.5 Å². The van der Waals surface area contributed by atoms with Gasteiger partial charge in [0.1, 0.15) is 0 Å². The van der Waals surface area contributed by atoms with E-state index in [1.165, 1.54) is 23.6 Å². The highest BCUT2D eigenvalue weighted by molar-refractivity contribution is 5.91. The van der Waals surface area contributed by atoms with Gasteiger partial charge in [0, 0.05) is 18.7 Å². The van der Waals surface area contributed by atoms with Crippen molar-refractivity contribution in [1.82, 2.24) is 9.55 Å². The molecule has 2 N–H and O–H groups in total. The number of aromatic amines is 1. The molecule has 146 valence electrons. The minimum absolute atomic E-state index is 0.0154. The van der Waals surface area contributed by atoms with E-state index in [0.717, 1.165) is 6.07 Å². The van der Waals surface area contributed by atoms with Gasteiger partial charge in [-0.3, -0.25) is 19.1 Å². The maximum atomic E-state index is 13.0. The number of halogens is 3. The van der Waals surface area contributed by atoms with Gasteiger partial charge in [-0.2, -0.15) is 13.2 Å². The lowest BCUT2D eigenvalue weighted by Gasteiger charge is -2.13. The first-order valence-corrected chi connectivity index (χ1v) is 8.36. The molecule has 1 aromatic heterocycles. The molecule has 3 rings (SSSR count). The molecule has 0 unspecified atom stereocenters. The number of alkyl halides is 3. The van der Waals surface area contributed by atoms with Crippen LogP contribution >= 0.6 is 0 Å². The SMILES string of the molecule is Cc1ccc(NC(=O)CCn2c(=O)[nH]c(=O)c3ccccc32)cc1C(F)(F)F. The molecule has 6 nitrogen and oxygen atoms in total. The second-order valence-electron chi connectivity index (χ2n) is 6.25. The first kappa shape index (κ1) is 19.4. The van der Waals surface area contributed by atoms with Gasteiger partial charge in [0.25, 0.3) is 5.56 Å². The number of benzene rings is 2. The van der Waals surface area contributed by atoms with Crippen LogP contribution in [0.25, 0.3) is 10.9 Å². The molecule has 0 aliphatic heterocycles. The number of nitrogens with one attached hydrogen (secondary N) is 2. The van der Waals surface area contributed by atoms with Crippen molar-refractivity contribution in [1.29, 1.82) is 0 Å². The number of rotatable bonds is 4. The molecule has 0 fully saturated rings. The molecular weight excluding hydrogens is 375 g/mol. The van der Waals surface area contributed by atoms with Gasteiger partial charge in [-0.15, -0.1) is 0 Å². The topological polar surface area (TPSA) is 84.0 Å². The van der Waals surface area contributed by atoms with E-state index >= 15 is 0 Å². The van der Waals surface area contributed by atoms with Gasteiger partial charge in [-0.1, -0.05) is 18.2 Å². The molecule has 9 heteroatoms. The Hall–Kier alpha value is -3.36. The fraction of sp³-hybridized carbons (Fsp3) is 0.211. The summed E-state index contributed by atoms with van der Waals surface area (Å²) in [5, 5.41) is 2.71. The predicted molar refractivity (Wildman–Crippen MR) is 98.3 cm³/mol. The van der Waals surface area contributed by atoms with E-state index in [2.05, 4.69) is 10.3 Å². The number of fused-ring (bicyclic) bond motifs is 1. The number of H-pyrrole nitrogens is 1. The van der Waals surface area contributed by atoms with Crippen LogP contribution in [0, 0.1) is 6.92 Å². The van der Waals surface area contributed by atoms with Crippen LogP contribution in [0.4, 0.5) is 18.9 Å². The summed E-state index contributed by atoms with van der Waals surface area (Å²) < 4.78 is 40.2. The largest absolute Gasteiger partial charge is 0.416 e.